The van der Waals surface area contributed by atoms with E-state index in [9.17, 15) is 13.2 Å². The second-order valence-corrected chi connectivity index (χ2v) is 7.10. The van der Waals surface area contributed by atoms with E-state index in [1.165, 1.54) is 30.5 Å². The molecule has 0 aliphatic rings. The van der Waals surface area contributed by atoms with Crippen LogP contribution in [0.4, 0.5) is 17.2 Å². The second kappa shape index (κ2) is 7.24. The number of amides is 1. The first-order chi connectivity index (χ1) is 12.4. The predicted octanol–water partition coefficient (Wildman–Crippen LogP) is 2.72. The summed E-state index contributed by atoms with van der Waals surface area (Å²) < 4.78 is 27.1. The van der Waals surface area contributed by atoms with E-state index in [1.54, 1.807) is 42.5 Å². The van der Waals surface area contributed by atoms with Gasteiger partial charge in [-0.1, -0.05) is 6.07 Å². The molecule has 0 aliphatic heterocycles. The van der Waals surface area contributed by atoms with Crippen LogP contribution in [0.5, 0.6) is 0 Å². The molecular formula is C18H16N4O3S. The molecule has 0 fully saturated rings. The van der Waals surface area contributed by atoms with E-state index in [-0.39, 0.29) is 16.6 Å². The van der Waals surface area contributed by atoms with Crippen LogP contribution >= 0.6 is 0 Å². The smallest absolute Gasteiger partial charge is 0.263 e. The zero-order chi connectivity index (χ0) is 18.6. The minimum atomic E-state index is -3.75. The highest BCUT2D eigenvalue weighted by molar-refractivity contribution is 7.92. The largest absolute Gasteiger partial charge is 0.399 e. The number of sulfonamides is 1. The fraction of sp³-hybridized carbons (Fsp3) is 0. The lowest BCUT2D eigenvalue weighted by Crippen LogP contribution is -2.14. The highest BCUT2D eigenvalue weighted by Crippen LogP contribution is 2.18. The molecule has 7 nitrogen and oxygen atoms in total. The highest BCUT2D eigenvalue weighted by atomic mass is 32.2. The number of nitrogens with two attached hydrogens (primary N) is 1. The first-order valence-corrected chi connectivity index (χ1v) is 9.13. The molecule has 1 amide bonds. The van der Waals surface area contributed by atoms with Gasteiger partial charge in [-0.05, 0) is 60.7 Å². The summed E-state index contributed by atoms with van der Waals surface area (Å²) in [6.45, 7) is 0. The summed E-state index contributed by atoms with van der Waals surface area (Å²) in [6.07, 6.45) is 1.49. The molecule has 1 aromatic heterocycles. The zero-order valence-electron chi connectivity index (χ0n) is 13.6. The SMILES string of the molecule is Nc1ccc(C(=O)Nc2ccc(S(=O)(=O)Nc3ccccn3)cc2)cc1. The van der Waals surface area contributed by atoms with Gasteiger partial charge in [0.2, 0.25) is 0 Å². The van der Waals surface area contributed by atoms with Crippen molar-refractivity contribution in [3.05, 3.63) is 78.5 Å². The van der Waals surface area contributed by atoms with Crippen LogP contribution in [-0.2, 0) is 10.0 Å². The van der Waals surface area contributed by atoms with E-state index in [4.69, 9.17) is 5.73 Å². The number of aromatic nitrogens is 1. The molecule has 0 unspecified atom stereocenters. The maximum atomic E-state index is 12.3. The molecular weight excluding hydrogens is 352 g/mol. The molecule has 2 aromatic carbocycles. The van der Waals surface area contributed by atoms with Crippen molar-refractivity contribution in [3.63, 3.8) is 0 Å². The van der Waals surface area contributed by atoms with Crippen molar-refractivity contribution in [3.8, 4) is 0 Å². The minimum absolute atomic E-state index is 0.0636. The average molecular weight is 368 g/mol. The molecule has 3 aromatic rings. The fourth-order valence-electron chi connectivity index (χ4n) is 2.17. The van der Waals surface area contributed by atoms with E-state index in [0.29, 0.717) is 16.9 Å². The van der Waals surface area contributed by atoms with Gasteiger partial charge in [0.05, 0.1) is 4.90 Å². The molecule has 0 atom stereocenters. The monoisotopic (exact) mass is 368 g/mol. The van der Waals surface area contributed by atoms with Crippen molar-refractivity contribution in [1.82, 2.24) is 4.98 Å². The van der Waals surface area contributed by atoms with Gasteiger partial charge in [0.1, 0.15) is 5.82 Å². The fourth-order valence-corrected chi connectivity index (χ4v) is 3.18. The number of hydrogen-bond donors (Lipinski definition) is 3. The number of nitrogen functional groups attached to an aromatic ring is 1. The maximum Gasteiger partial charge on any atom is 0.263 e. The molecule has 8 heteroatoms. The third-order valence-corrected chi connectivity index (χ3v) is 4.87. The van der Waals surface area contributed by atoms with E-state index in [2.05, 4.69) is 15.0 Å². The molecule has 3 rings (SSSR count). The molecule has 0 radical (unpaired) electrons. The Bertz CT molecular complexity index is 1000. The third-order valence-electron chi connectivity index (χ3n) is 3.50. The molecule has 0 saturated heterocycles. The second-order valence-electron chi connectivity index (χ2n) is 5.42. The highest BCUT2D eigenvalue weighted by Gasteiger charge is 2.15. The third kappa shape index (κ3) is 4.17. The molecule has 0 bridgehead atoms. The predicted molar refractivity (Wildman–Crippen MR) is 100 cm³/mol. The summed E-state index contributed by atoms with van der Waals surface area (Å²) in [7, 11) is -3.75. The lowest BCUT2D eigenvalue weighted by atomic mass is 10.2. The lowest BCUT2D eigenvalue weighted by molar-refractivity contribution is 0.102. The quantitative estimate of drug-likeness (QED) is 0.599. The van der Waals surface area contributed by atoms with Gasteiger partial charge in [0, 0.05) is 23.1 Å². The average Bonchev–Trinajstić information content (AvgIpc) is 2.63. The number of pyridine rings is 1. The van der Waals surface area contributed by atoms with Crippen molar-refractivity contribution in [1.29, 1.82) is 0 Å². The van der Waals surface area contributed by atoms with Gasteiger partial charge in [0.25, 0.3) is 15.9 Å². The standard InChI is InChI=1S/C18H16N4O3S/c19-14-6-4-13(5-7-14)18(23)21-15-8-10-16(11-9-15)26(24,25)22-17-3-1-2-12-20-17/h1-12H,19H2,(H,20,22)(H,21,23). The summed E-state index contributed by atoms with van der Waals surface area (Å²) >= 11 is 0. The minimum Gasteiger partial charge on any atom is -0.399 e. The molecule has 132 valence electrons. The summed E-state index contributed by atoms with van der Waals surface area (Å²) in [6, 6.07) is 17.3. The van der Waals surface area contributed by atoms with E-state index < -0.39 is 10.0 Å². The molecule has 0 aliphatic carbocycles. The van der Waals surface area contributed by atoms with Gasteiger partial charge in [-0.3, -0.25) is 9.52 Å². The number of rotatable bonds is 5. The van der Waals surface area contributed by atoms with Crippen molar-refractivity contribution < 1.29 is 13.2 Å². The summed E-state index contributed by atoms with van der Waals surface area (Å²) in [5.74, 6) is -0.0829. The number of carbonyl (C=O) groups is 1. The first kappa shape index (κ1) is 17.4. The Kier molecular flexibility index (Phi) is 4.85. The topological polar surface area (TPSA) is 114 Å². The number of anilines is 3. The van der Waals surface area contributed by atoms with Crippen molar-refractivity contribution in [2.45, 2.75) is 4.90 Å². The molecule has 4 N–H and O–H groups in total. The van der Waals surface area contributed by atoms with Gasteiger partial charge in [0.15, 0.2) is 0 Å². The number of nitrogens with one attached hydrogen (secondary N) is 2. The van der Waals surface area contributed by atoms with Crippen LogP contribution in [0.25, 0.3) is 0 Å². The number of benzene rings is 2. The Hall–Kier alpha value is -3.39. The molecule has 0 spiro atoms. The summed E-state index contributed by atoms with van der Waals surface area (Å²) in [5.41, 5.74) is 7.09. The van der Waals surface area contributed by atoms with Gasteiger partial charge in [-0.25, -0.2) is 13.4 Å². The Morgan fingerprint density at radius 1 is 0.923 bits per heavy atom. The van der Waals surface area contributed by atoms with E-state index in [0.717, 1.165) is 0 Å². The molecule has 26 heavy (non-hydrogen) atoms. The van der Waals surface area contributed by atoms with Crippen LogP contribution in [-0.4, -0.2) is 19.3 Å². The van der Waals surface area contributed by atoms with Gasteiger partial charge >= 0.3 is 0 Å². The first-order valence-electron chi connectivity index (χ1n) is 7.65. The van der Waals surface area contributed by atoms with Crippen molar-refractivity contribution in [2.24, 2.45) is 0 Å². The van der Waals surface area contributed by atoms with Crippen molar-refractivity contribution >= 4 is 33.1 Å². The molecule has 0 saturated carbocycles. The van der Waals surface area contributed by atoms with Crippen LogP contribution in [0.15, 0.2) is 77.8 Å². The Morgan fingerprint density at radius 2 is 1.62 bits per heavy atom. The Balaban J connectivity index is 1.71. The van der Waals surface area contributed by atoms with Crippen molar-refractivity contribution in [2.75, 3.05) is 15.8 Å². The van der Waals surface area contributed by atoms with Gasteiger partial charge < -0.3 is 11.1 Å². The zero-order valence-corrected chi connectivity index (χ0v) is 14.4. The Labute approximate surface area is 150 Å². The lowest BCUT2D eigenvalue weighted by Gasteiger charge is -2.09. The molecule has 1 heterocycles. The normalized spacial score (nSPS) is 10.9. The summed E-state index contributed by atoms with van der Waals surface area (Å²) in [4.78, 5) is 16.2. The van der Waals surface area contributed by atoms with Crippen LogP contribution in [0.2, 0.25) is 0 Å². The van der Waals surface area contributed by atoms with E-state index >= 15 is 0 Å². The maximum absolute atomic E-state index is 12.3. The number of carbonyl (C=O) groups excluding carboxylic acids is 1. The van der Waals surface area contributed by atoms with Crippen LogP contribution < -0.4 is 15.8 Å². The number of hydrogen-bond acceptors (Lipinski definition) is 5. The Morgan fingerprint density at radius 3 is 2.23 bits per heavy atom. The van der Waals surface area contributed by atoms with Crippen LogP contribution in [0, 0.1) is 0 Å². The number of nitrogens with zero attached hydrogens (tertiary/aromatic N) is 1. The van der Waals surface area contributed by atoms with Gasteiger partial charge in [-0.2, -0.15) is 0 Å². The van der Waals surface area contributed by atoms with Crippen LogP contribution in [0.1, 0.15) is 10.4 Å². The summed E-state index contributed by atoms with van der Waals surface area (Å²) in [5, 5.41) is 2.70. The van der Waals surface area contributed by atoms with E-state index in [1.807, 2.05) is 0 Å². The van der Waals surface area contributed by atoms with Gasteiger partial charge in [-0.15, -0.1) is 0 Å². The van der Waals surface area contributed by atoms with Crippen LogP contribution in [0.3, 0.4) is 0 Å².